The summed E-state index contributed by atoms with van der Waals surface area (Å²) in [6.07, 6.45) is 2.00. The number of hydrogen-bond donors (Lipinski definition) is 0. The SMILES string of the molecule is Cc1ccc2ccn(Br)c2c1. The van der Waals surface area contributed by atoms with Crippen LogP contribution in [0.2, 0.25) is 0 Å². The Labute approximate surface area is 74.0 Å². The number of aryl methyl sites for hydroxylation is 1. The van der Waals surface area contributed by atoms with E-state index in [0.29, 0.717) is 0 Å². The van der Waals surface area contributed by atoms with Gasteiger partial charge in [0.1, 0.15) is 0 Å². The van der Waals surface area contributed by atoms with Gasteiger partial charge in [0.2, 0.25) is 0 Å². The molecule has 0 aliphatic rings. The van der Waals surface area contributed by atoms with Crippen LogP contribution < -0.4 is 0 Å². The Morgan fingerprint density at radius 3 is 2.91 bits per heavy atom. The molecule has 56 valence electrons. The summed E-state index contributed by atoms with van der Waals surface area (Å²) >= 11 is 3.42. The summed E-state index contributed by atoms with van der Waals surface area (Å²) in [5, 5.41) is 1.27. The third kappa shape index (κ3) is 1.07. The predicted molar refractivity (Wildman–Crippen MR) is 51.0 cm³/mol. The average molecular weight is 210 g/mol. The number of halogens is 1. The maximum absolute atomic E-state index is 3.42. The zero-order valence-electron chi connectivity index (χ0n) is 6.21. The molecule has 0 atom stereocenters. The lowest BCUT2D eigenvalue weighted by Crippen LogP contribution is -1.76. The van der Waals surface area contributed by atoms with Crippen molar-refractivity contribution in [1.82, 2.24) is 3.59 Å². The van der Waals surface area contributed by atoms with E-state index >= 15 is 0 Å². The Kier molecular flexibility index (Phi) is 1.50. The number of rotatable bonds is 0. The Morgan fingerprint density at radius 2 is 2.09 bits per heavy atom. The van der Waals surface area contributed by atoms with Gasteiger partial charge in [0.25, 0.3) is 0 Å². The van der Waals surface area contributed by atoms with E-state index in [1.54, 1.807) is 0 Å². The lowest BCUT2D eigenvalue weighted by molar-refractivity contribution is 1.37. The van der Waals surface area contributed by atoms with Gasteiger partial charge in [-0.3, -0.25) is 3.59 Å². The van der Waals surface area contributed by atoms with Crippen LogP contribution in [0.3, 0.4) is 0 Å². The first-order valence-electron chi connectivity index (χ1n) is 3.51. The number of benzene rings is 1. The van der Waals surface area contributed by atoms with Crippen LogP contribution >= 0.6 is 16.1 Å². The van der Waals surface area contributed by atoms with E-state index in [0.717, 1.165) is 0 Å². The highest BCUT2D eigenvalue weighted by Gasteiger charge is 1.96. The summed E-state index contributed by atoms with van der Waals surface area (Å²) in [4.78, 5) is 0. The Hall–Kier alpha value is -0.760. The van der Waals surface area contributed by atoms with Crippen LogP contribution in [0, 0.1) is 6.92 Å². The molecule has 0 amide bonds. The van der Waals surface area contributed by atoms with Crippen molar-refractivity contribution in [2.45, 2.75) is 6.92 Å². The smallest absolute Gasteiger partial charge is 0.0594 e. The quantitative estimate of drug-likeness (QED) is 0.629. The zero-order valence-corrected chi connectivity index (χ0v) is 7.80. The standard InChI is InChI=1S/C9H8BrN/c1-7-2-3-8-4-5-11(10)9(8)6-7/h2-6H,1H3. The van der Waals surface area contributed by atoms with Crippen LogP contribution in [0.1, 0.15) is 5.56 Å². The maximum atomic E-state index is 3.42. The van der Waals surface area contributed by atoms with Crippen molar-refractivity contribution in [3.63, 3.8) is 0 Å². The molecule has 0 aliphatic carbocycles. The topological polar surface area (TPSA) is 4.93 Å². The van der Waals surface area contributed by atoms with Gasteiger partial charge in [-0.15, -0.1) is 0 Å². The maximum Gasteiger partial charge on any atom is 0.0594 e. The van der Waals surface area contributed by atoms with E-state index < -0.39 is 0 Å². The van der Waals surface area contributed by atoms with Crippen LogP contribution in [0.25, 0.3) is 10.9 Å². The second kappa shape index (κ2) is 2.38. The molecule has 11 heavy (non-hydrogen) atoms. The van der Waals surface area contributed by atoms with Gasteiger partial charge in [-0.05, 0) is 24.6 Å². The van der Waals surface area contributed by atoms with Gasteiger partial charge in [0.15, 0.2) is 0 Å². The molecule has 0 aliphatic heterocycles. The lowest BCUT2D eigenvalue weighted by Gasteiger charge is -1.94. The molecule has 1 heterocycles. The molecule has 2 rings (SSSR count). The van der Waals surface area contributed by atoms with Crippen molar-refractivity contribution in [2.24, 2.45) is 0 Å². The molecule has 0 saturated heterocycles. The van der Waals surface area contributed by atoms with Gasteiger partial charge in [-0.25, -0.2) is 0 Å². The molecule has 0 radical (unpaired) electrons. The lowest BCUT2D eigenvalue weighted by atomic mass is 10.2. The van der Waals surface area contributed by atoms with Crippen molar-refractivity contribution in [2.75, 3.05) is 0 Å². The monoisotopic (exact) mass is 209 g/mol. The molecule has 1 nitrogen and oxygen atoms in total. The average Bonchev–Trinajstić information content (AvgIpc) is 2.33. The zero-order chi connectivity index (χ0) is 7.84. The normalized spacial score (nSPS) is 10.7. The van der Waals surface area contributed by atoms with Gasteiger partial charge in [0.05, 0.1) is 21.7 Å². The first-order valence-corrected chi connectivity index (χ1v) is 4.22. The van der Waals surface area contributed by atoms with Crippen molar-refractivity contribution in [1.29, 1.82) is 0 Å². The van der Waals surface area contributed by atoms with Crippen molar-refractivity contribution < 1.29 is 0 Å². The van der Waals surface area contributed by atoms with Crippen molar-refractivity contribution in [3.05, 3.63) is 36.0 Å². The Bertz CT molecular complexity index is 389. The second-order valence-electron chi connectivity index (χ2n) is 2.69. The minimum atomic E-state index is 1.23. The number of aromatic nitrogens is 1. The van der Waals surface area contributed by atoms with Gasteiger partial charge < -0.3 is 0 Å². The van der Waals surface area contributed by atoms with Gasteiger partial charge >= 0.3 is 0 Å². The summed E-state index contributed by atoms with van der Waals surface area (Å²) in [5.41, 5.74) is 2.52. The van der Waals surface area contributed by atoms with Crippen LogP contribution in [-0.4, -0.2) is 3.59 Å². The molecular formula is C9H8BrN. The molecule has 0 saturated carbocycles. The van der Waals surface area contributed by atoms with Crippen molar-refractivity contribution in [3.8, 4) is 0 Å². The first-order chi connectivity index (χ1) is 5.27. The van der Waals surface area contributed by atoms with E-state index in [9.17, 15) is 0 Å². The van der Waals surface area contributed by atoms with Crippen LogP contribution in [-0.2, 0) is 0 Å². The minimum absolute atomic E-state index is 1.23. The fourth-order valence-corrected chi connectivity index (χ4v) is 1.63. The second-order valence-corrected chi connectivity index (χ2v) is 3.45. The molecule has 2 heteroatoms. The van der Waals surface area contributed by atoms with Gasteiger partial charge in [-0.2, -0.15) is 0 Å². The van der Waals surface area contributed by atoms with E-state index in [1.807, 2.05) is 9.79 Å². The minimum Gasteiger partial charge on any atom is -0.284 e. The predicted octanol–water partition coefficient (Wildman–Crippen LogP) is 3.11. The fraction of sp³-hybridized carbons (Fsp3) is 0.111. The molecule has 1 aromatic heterocycles. The molecule has 1 aromatic carbocycles. The van der Waals surface area contributed by atoms with Crippen LogP contribution in [0.4, 0.5) is 0 Å². The van der Waals surface area contributed by atoms with Gasteiger partial charge in [0, 0.05) is 11.6 Å². The Morgan fingerprint density at radius 1 is 1.27 bits per heavy atom. The molecule has 0 N–H and O–H groups in total. The molecular weight excluding hydrogens is 202 g/mol. The largest absolute Gasteiger partial charge is 0.284 e. The van der Waals surface area contributed by atoms with Crippen LogP contribution in [0.15, 0.2) is 30.5 Å². The highest BCUT2D eigenvalue weighted by Crippen LogP contribution is 2.18. The molecule has 0 bridgehead atoms. The van der Waals surface area contributed by atoms with E-state index in [2.05, 4.69) is 47.3 Å². The molecule has 0 spiro atoms. The molecule has 0 unspecified atom stereocenters. The first kappa shape index (κ1) is 6.92. The number of fused-ring (bicyclic) bond motifs is 1. The highest BCUT2D eigenvalue weighted by atomic mass is 79.9. The fourth-order valence-electron chi connectivity index (χ4n) is 1.21. The summed E-state index contributed by atoms with van der Waals surface area (Å²) in [5.74, 6) is 0. The summed E-state index contributed by atoms with van der Waals surface area (Å²) in [7, 11) is 0. The molecule has 2 aromatic rings. The summed E-state index contributed by atoms with van der Waals surface area (Å²) in [6.45, 7) is 2.10. The third-order valence-electron chi connectivity index (χ3n) is 1.80. The number of hydrogen-bond acceptors (Lipinski definition) is 0. The molecule has 0 fully saturated rings. The van der Waals surface area contributed by atoms with Gasteiger partial charge in [-0.1, -0.05) is 12.1 Å². The third-order valence-corrected chi connectivity index (χ3v) is 2.42. The summed E-state index contributed by atoms with van der Waals surface area (Å²) < 4.78 is 1.95. The number of nitrogens with zero attached hydrogens (tertiary/aromatic N) is 1. The van der Waals surface area contributed by atoms with E-state index in [4.69, 9.17) is 0 Å². The Balaban J connectivity index is 2.87. The van der Waals surface area contributed by atoms with E-state index in [-0.39, 0.29) is 0 Å². The van der Waals surface area contributed by atoms with Crippen LogP contribution in [0.5, 0.6) is 0 Å². The summed E-state index contributed by atoms with van der Waals surface area (Å²) in [6, 6.07) is 8.49. The van der Waals surface area contributed by atoms with Crippen molar-refractivity contribution >= 4 is 27.1 Å². The highest BCUT2D eigenvalue weighted by molar-refractivity contribution is 9.08. The van der Waals surface area contributed by atoms with E-state index in [1.165, 1.54) is 16.5 Å².